The highest BCUT2D eigenvalue weighted by Crippen LogP contribution is 2.36. The Labute approximate surface area is 191 Å². The molecule has 0 fully saturated rings. The molecule has 0 aliphatic heterocycles. The van der Waals surface area contributed by atoms with Crippen molar-refractivity contribution in [2.75, 3.05) is 33.1 Å². The molecule has 0 spiro atoms. The smallest absolute Gasteiger partial charge is 0.223 e. The topological polar surface area (TPSA) is 80.2 Å². The Kier molecular flexibility index (Phi) is 6.44. The Morgan fingerprint density at radius 2 is 1.91 bits per heavy atom. The molecule has 2 heterocycles. The van der Waals surface area contributed by atoms with Gasteiger partial charge in [0.25, 0.3) is 0 Å². The minimum Gasteiger partial charge on any atom is -0.494 e. The highest BCUT2D eigenvalue weighted by atomic mass is 19.1. The molecule has 0 radical (unpaired) electrons. The molecule has 7 nitrogen and oxygen atoms in total. The van der Waals surface area contributed by atoms with E-state index in [1.165, 1.54) is 6.07 Å². The second-order valence-corrected chi connectivity index (χ2v) is 7.66. The van der Waals surface area contributed by atoms with E-state index in [4.69, 9.17) is 14.7 Å². The summed E-state index contributed by atoms with van der Waals surface area (Å²) in [6, 6.07) is 13.8. The summed E-state index contributed by atoms with van der Waals surface area (Å²) in [4.78, 5) is 27.2. The van der Waals surface area contributed by atoms with Gasteiger partial charge in [0.2, 0.25) is 5.91 Å². The lowest BCUT2D eigenvalue weighted by Crippen LogP contribution is -2.24. The van der Waals surface area contributed by atoms with Gasteiger partial charge in [-0.1, -0.05) is 18.2 Å². The molecular weight excluding hydrogens is 421 g/mol. The number of ether oxygens (including phenoxy) is 1. The van der Waals surface area contributed by atoms with E-state index in [1.54, 1.807) is 62.8 Å². The number of hydrogen-bond donors (Lipinski definition) is 1. The molecule has 0 bridgehead atoms. The zero-order valence-electron chi connectivity index (χ0n) is 18.7. The highest BCUT2D eigenvalue weighted by molar-refractivity contribution is 5.98. The van der Waals surface area contributed by atoms with Gasteiger partial charge in [0.05, 0.1) is 7.11 Å². The van der Waals surface area contributed by atoms with E-state index < -0.39 is 0 Å². The third kappa shape index (κ3) is 4.74. The van der Waals surface area contributed by atoms with Gasteiger partial charge in [-0.25, -0.2) is 14.4 Å². The summed E-state index contributed by atoms with van der Waals surface area (Å²) in [5.74, 6) is 1.15. The number of fused-ring (bicyclic) bond motifs is 1. The van der Waals surface area contributed by atoms with E-state index in [0.717, 1.165) is 5.56 Å². The SMILES string of the molecule is COc1cc(-c2ccccc2F)cc2c(NCCC(=O)N(C)C)nc(-c3cccnc3)nc12. The van der Waals surface area contributed by atoms with Crippen molar-refractivity contribution in [3.63, 3.8) is 0 Å². The van der Waals surface area contributed by atoms with Crippen LogP contribution in [0.4, 0.5) is 10.2 Å². The number of pyridine rings is 1. The number of anilines is 1. The second-order valence-electron chi connectivity index (χ2n) is 7.66. The number of benzene rings is 2. The Balaban J connectivity index is 1.87. The van der Waals surface area contributed by atoms with Crippen molar-refractivity contribution in [1.82, 2.24) is 19.9 Å². The number of carbonyl (C=O) groups is 1. The number of rotatable bonds is 7. The number of carbonyl (C=O) groups excluding carboxylic acids is 1. The van der Waals surface area contributed by atoms with Crippen molar-refractivity contribution in [1.29, 1.82) is 0 Å². The average Bonchev–Trinajstić information content (AvgIpc) is 2.84. The molecule has 33 heavy (non-hydrogen) atoms. The monoisotopic (exact) mass is 445 g/mol. The highest BCUT2D eigenvalue weighted by Gasteiger charge is 2.17. The van der Waals surface area contributed by atoms with Crippen molar-refractivity contribution in [2.45, 2.75) is 6.42 Å². The maximum absolute atomic E-state index is 14.5. The average molecular weight is 445 g/mol. The van der Waals surface area contributed by atoms with Crippen molar-refractivity contribution < 1.29 is 13.9 Å². The largest absolute Gasteiger partial charge is 0.494 e. The summed E-state index contributed by atoms with van der Waals surface area (Å²) in [6.45, 7) is 0.377. The van der Waals surface area contributed by atoms with Crippen LogP contribution in [-0.2, 0) is 4.79 Å². The van der Waals surface area contributed by atoms with Crippen LogP contribution in [0.15, 0.2) is 60.9 Å². The fourth-order valence-electron chi connectivity index (χ4n) is 3.48. The van der Waals surface area contributed by atoms with Crippen LogP contribution in [0.5, 0.6) is 5.75 Å². The molecule has 0 atom stereocenters. The molecule has 4 rings (SSSR count). The molecular formula is C25H24FN5O2. The number of aromatic nitrogens is 3. The number of amides is 1. The molecule has 2 aromatic carbocycles. The van der Waals surface area contributed by atoms with Gasteiger partial charge in [-0.15, -0.1) is 0 Å². The molecule has 0 aliphatic carbocycles. The van der Waals surface area contributed by atoms with Crippen molar-refractivity contribution in [2.24, 2.45) is 0 Å². The first-order valence-corrected chi connectivity index (χ1v) is 10.5. The maximum atomic E-state index is 14.5. The van der Waals surface area contributed by atoms with Gasteiger partial charge in [0.1, 0.15) is 22.9 Å². The summed E-state index contributed by atoms with van der Waals surface area (Å²) < 4.78 is 20.2. The number of hydrogen-bond acceptors (Lipinski definition) is 6. The van der Waals surface area contributed by atoms with Gasteiger partial charge in [0, 0.05) is 56.0 Å². The normalized spacial score (nSPS) is 10.8. The molecule has 1 N–H and O–H groups in total. The molecule has 0 saturated heterocycles. The first-order valence-electron chi connectivity index (χ1n) is 10.5. The zero-order valence-corrected chi connectivity index (χ0v) is 18.7. The molecule has 4 aromatic rings. The van der Waals surface area contributed by atoms with Crippen molar-refractivity contribution in [3.8, 4) is 28.3 Å². The molecule has 1 amide bonds. The lowest BCUT2D eigenvalue weighted by atomic mass is 10.0. The number of halogens is 1. The lowest BCUT2D eigenvalue weighted by molar-refractivity contribution is -0.128. The minimum atomic E-state index is -0.335. The summed E-state index contributed by atoms with van der Waals surface area (Å²) in [5.41, 5.74) is 2.41. The van der Waals surface area contributed by atoms with Crippen LogP contribution in [0, 0.1) is 5.82 Å². The Morgan fingerprint density at radius 3 is 2.61 bits per heavy atom. The first-order chi connectivity index (χ1) is 16.0. The minimum absolute atomic E-state index is 0.00188. The van der Waals surface area contributed by atoms with Crippen LogP contribution < -0.4 is 10.1 Å². The predicted octanol–water partition coefficient (Wildman–Crippen LogP) is 4.40. The van der Waals surface area contributed by atoms with E-state index in [9.17, 15) is 9.18 Å². The molecule has 2 aromatic heterocycles. The van der Waals surface area contributed by atoms with Gasteiger partial charge in [-0.05, 0) is 35.9 Å². The Hall–Kier alpha value is -4.07. The predicted molar refractivity (Wildman–Crippen MR) is 127 cm³/mol. The number of methoxy groups -OCH3 is 1. The number of nitrogens with one attached hydrogen (secondary N) is 1. The van der Waals surface area contributed by atoms with Crippen LogP contribution in [0.2, 0.25) is 0 Å². The van der Waals surface area contributed by atoms with E-state index in [-0.39, 0.29) is 11.7 Å². The molecule has 0 aliphatic rings. The summed E-state index contributed by atoms with van der Waals surface area (Å²) in [5, 5.41) is 3.92. The second kappa shape index (κ2) is 9.60. The molecule has 0 unspecified atom stereocenters. The Bertz CT molecular complexity index is 1290. The summed E-state index contributed by atoms with van der Waals surface area (Å²) in [6.07, 6.45) is 3.66. The first kappa shape index (κ1) is 22.1. The number of nitrogens with zero attached hydrogens (tertiary/aromatic N) is 4. The van der Waals surface area contributed by atoms with Crippen LogP contribution in [0.3, 0.4) is 0 Å². The van der Waals surface area contributed by atoms with Gasteiger partial charge < -0.3 is 15.0 Å². The molecule has 168 valence electrons. The summed E-state index contributed by atoms with van der Waals surface area (Å²) >= 11 is 0. The van der Waals surface area contributed by atoms with Crippen LogP contribution in [0.1, 0.15) is 6.42 Å². The maximum Gasteiger partial charge on any atom is 0.223 e. The third-order valence-electron chi connectivity index (χ3n) is 5.22. The molecule has 8 heteroatoms. The van der Waals surface area contributed by atoms with Crippen LogP contribution >= 0.6 is 0 Å². The van der Waals surface area contributed by atoms with Crippen LogP contribution in [0.25, 0.3) is 33.4 Å². The van der Waals surface area contributed by atoms with E-state index in [1.807, 2.05) is 18.2 Å². The Morgan fingerprint density at radius 1 is 1.09 bits per heavy atom. The van der Waals surface area contributed by atoms with Gasteiger partial charge in [-0.3, -0.25) is 9.78 Å². The van der Waals surface area contributed by atoms with Crippen LogP contribution in [-0.4, -0.2) is 53.5 Å². The third-order valence-corrected chi connectivity index (χ3v) is 5.22. The quantitative estimate of drug-likeness (QED) is 0.454. The van der Waals surface area contributed by atoms with Gasteiger partial charge in [-0.2, -0.15) is 0 Å². The van der Waals surface area contributed by atoms with Crippen molar-refractivity contribution >= 4 is 22.6 Å². The summed E-state index contributed by atoms with van der Waals surface area (Å²) in [7, 11) is 4.98. The fraction of sp³-hybridized carbons (Fsp3) is 0.200. The van der Waals surface area contributed by atoms with E-state index in [2.05, 4.69) is 10.3 Å². The van der Waals surface area contributed by atoms with Gasteiger partial charge in [0.15, 0.2) is 5.82 Å². The zero-order chi connectivity index (χ0) is 23.4. The lowest BCUT2D eigenvalue weighted by Gasteiger charge is -2.15. The van der Waals surface area contributed by atoms with E-state index in [0.29, 0.717) is 52.4 Å². The van der Waals surface area contributed by atoms with Gasteiger partial charge >= 0.3 is 0 Å². The van der Waals surface area contributed by atoms with Crippen molar-refractivity contribution in [3.05, 3.63) is 66.7 Å². The fourth-order valence-corrected chi connectivity index (χ4v) is 3.48. The van der Waals surface area contributed by atoms with E-state index >= 15 is 0 Å². The molecule has 0 saturated carbocycles. The standard InChI is InChI=1S/C25H24FN5O2/c1-31(2)22(32)10-12-28-25-19-13-17(18-8-4-5-9-20(18)26)14-21(33-3)23(19)29-24(30-25)16-7-6-11-27-15-16/h4-9,11,13-15H,10,12H2,1-3H3,(H,28,29,30).